The van der Waals surface area contributed by atoms with Crippen LogP contribution in [0.25, 0.3) is 0 Å². The van der Waals surface area contributed by atoms with Gasteiger partial charge in [-0.05, 0) is 45.0 Å². The van der Waals surface area contributed by atoms with Crippen LogP contribution in [0.4, 0.5) is 0 Å². The van der Waals surface area contributed by atoms with Gasteiger partial charge in [0.15, 0.2) is 5.03 Å². The molecule has 0 saturated carbocycles. The van der Waals surface area contributed by atoms with Crippen molar-refractivity contribution in [3.05, 3.63) is 12.3 Å². The van der Waals surface area contributed by atoms with Gasteiger partial charge in [-0.15, -0.1) is 0 Å². The minimum atomic E-state index is -3.43. The highest BCUT2D eigenvalue weighted by molar-refractivity contribution is 7.89. The SMILES string of the molecule is Cn1nccc1S(=O)(=O)N1CCCN(CCCCN)CC1. The molecule has 2 rings (SSSR count). The molecular formula is C13H25N5O2S. The van der Waals surface area contributed by atoms with Crippen LogP contribution in [-0.4, -0.2) is 66.7 Å². The van der Waals surface area contributed by atoms with Crippen LogP contribution in [0.2, 0.25) is 0 Å². The molecule has 1 aromatic heterocycles. The molecule has 1 fully saturated rings. The summed E-state index contributed by atoms with van der Waals surface area (Å²) in [6, 6.07) is 1.55. The average molecular weight is 315 g/mol. The first kappa shape index (κ1) is 16.4. The molecule has 21 heavy (non-hydrogen) atoms. The Bertz CT molecular complexity index is 543. The summed E-state index contributed by atoms with van der Waals surface area (Å²) in [4.78, 5) is 2.33. The van der Waals surface area contributed by atoms with Crippen LogP contribution >= 0.6 is 0 Å². The zero-order valence-electron chi connectivity index (χ0n) is 12.6. The number of aromatic nitrogens is 2. The standard InChI is InChI=1S/C13H25N5O2S/c1-16-13(5-7-15-16)21(19,20)18-10-4-9-17(11-12-18)8-3-2-6-14/h5,7H,2-4,6,8-12,14H2,1H3. The van der Waals surface area contributed by atoms with Gasteiger partial charge in [0.05, 0.1) is 6.20 Å². The summed E-state index contributed by atoms with van der Waals surface area (Å²) in [6.07, 6.45) is 4.47. The van der Waals surface area contributed by atoms with E-state index in [1.165, 1.54) is 10.9 Å². The van der Waals surface area contributed by atoms with Gasteiger partial charge in [0.25, 0.3) is 10.0 Å². The Morgan fingerprint density at radius 2 is 2.05 bits per heavy atom. The van der Waals surface area contributed by atoms with E-state index >= 15 is 0 Å². The first-order chi connectivity index (χ1) is 10.1. The van der Waals surface area contributed by atoms with Gasteiger partial charge < -0.3 is 10.6 Å². The molecule has 2 N–H and O–H groups in total. The Morgan fingerprint density at radius 3 is 2.71 bits per heavy atom. The van der Waals surface area contributed by atoms with Gasteiger partial charge in [-0.1, -0.05) is 0 Å². The summed E-state index contributed by atoms with van der Waals surface area (Å²) in [7, 11) is -1.78. The molecule has 1 saturated heterocycles. The van der Waals surface area contributed by atoms with E-state index in [0.717, 1.165) is 45.4 Å². The molecule has 0 bridgehead atoms. The van der Waals surface area contributed by atoms with Crippen LogP contribution in [0.15, 0.2) is 17.3 Å². The molecule has 1 aromatic rings. The summed E-state index contributed by atoms with van der Waals surface area (Å²) in [6.45, 7) is 4.55. The molecule has 8 heteroatoms. The maximum absolute atomic E-state index is 12.6. The third kappa shape index (κ3) is 4.03. The zero-order chi connectivity index (χ0) is 15.3. The summed E-state index contributed by atoms with van der Waals surface area (Å²) in [5, 5.41) is 4.22. The van der Waals surface area contributed by atoms with Crippen LogP contribution in [-0.2, 0) is 17.1 Å². The number of rotatable bonds is 6. The molecule has 0 spiro atoms. The van der Waals surface area contributed by atoms with Crippen molar-refractivity contribution in [1.82, 2.24) is 19.0 Å². The fraction of sp³-hybridized carbons (Fsp3) is 0.769. The summed E-state index contributed by atoms with van der Waals surface area (Å²) in [5.74, 6) is 0. The third-order valence-electron chi connectivity index (χ3n) is 3.86. The van der Waals surface area contributed by atoms with Crippen molar-refractivity contribution in [3.63, 3.8) is 0 Å². The fourth-order valence-electron chi connectivity index (χ4n) is 2.64. The largest absolute Gasteiger partial charge is 0.330 e. The predicted octanol–water partition coefficient (Wildman–Crippen LogP) is -0.145. The molecule has 120 valence electrons. The minimum Gasteiger partial charge on any atom is -0.330 e. The lowest BCUT2D eigenvalue weighted by Gasteiger charge is -2.21. The molecular weight excluding hydrogens is 290 g/mol. The van der Waals surface area contributed by atoms with Crippen LogP contribution in [0.3, 0.4) is 0 Å². The lowest BCUT2D eigenvalue weighted by molar-refractivity contribution is 0.281. The van der Waals surface area contributed by atoms with E-state index in [1.807, 2.05) is 0 Å². The van der Waals surface area contributed by atoms with E-state index in [0.29, 0.717) is 13.1 Å². The Labute approximate surface area is 126 Å². The Balaban J connectivity index is 1.98. The van der Waals surface area contributed by atoms with Crippen molar-refractivity contribution in [2.75, 3.05) is 39.3 Å². The first-order valence-electron chi connectivity index (χ1n) is 7.46. The molecule has 7 nitrogen and oxygen atoms in total. The van der Waals surface area contributed by atoms with Gasteiger partial charge in [0.2, 0.25) is 0 Å². The van der Waals surface area contributed by atoms with Crippen LogP contribution in [0.1, 0.15) is 19.3 Å². The topological polar surface area (TPSA) is 84.5 Å². The number of hydrogen-bond acceptors (Lipinski definition) is 5. The highest BCUT2D eigenvalue weighted by Gasteiger charge is 2.28. The average Bonchev–Trinajstić information content (AvgIpc) is 2.74. The molecule has 0 aromatic carbocycles. The van der Waals surface area contributed by atoms with Crippen molar-refractivity contribution in [3.8, 4) is 0 Å². The lowest BCUT2D eigenvalue weighted by atomic mass is 10.3. The molecule has 0 unspecified atom stereocenters. The van der Waals surface area contributed by atoms with Crippen molar-refractivity contribution in [2.24, 2.45) is 12.8 Å². The Kier molecular flexibility index (Phi) is 5.74. The maximum atomic E-state index is 12.6. The van der Waals surface area contributed by atoms with Crippen LogP contribution < -0.4 is 5.73 Å². The Morgan fingerprint density at radius 1 is 1.24 bits per heavy atom. The van der Waals surface area contributed by atoms with Gasteiger partial charge in [-0.25, -0.2) is 8.42 Å². The highest BCUT2D eigenvalue weighted by atomic mass is 32.2. The van der Waals surface area contributed by atoms with Gasteiger partial charge in [0, 0.05) is 26.7 Å². The van der Waals surface area contributed by atoms with Crippen LogP contribution in [0.5, 0.6) is 0 Å². The molecule has 0 radical (unpaired) electrons. The number of nitrogens with zero attached hydrogens (tertiary/aromatic N) is 4. The maximum Gasteiger partial charge on any atom is 0.260 e. The zero-order valence-corrected chi connectivity index (χ0v) is 13.4. The highest BCUT2D eigenvalue weighted by Crippen LogP contribution is 2.16. The van der Waals surface area contributed by atoms with Crippen molar-refractivity contribution in [1.29, 1.82) is 0 Å². The number of aryl methyl sites for hydroxylation is 1. The van der Waals surface area contributed by atoms with Gasteiger partial charge >= 0.3 is 0 Å². The van der Waals surface area contributed by atoms with E-state index in [2.05, 4.69) is 10.00 Å². The summed E-state index contributed by atoms with van der Waals surface area (Å²) >= 11 is 0. The minimum absolute atomic E-state index is 0.263. The number of sulfonamides is 1. The molecule has 0 atom stereocenters. The van der Waals surface area contributed by atoms with Gasteiger partial charge in [-0.3, -0.25) is 4.68 Å². The van der Waals surface area contributed by atoms with E-state index in [4.69, 9.17) is 5.73 Å². The molecule has 0 amide bonds. The molecule has 2 heterocycles. The molecule has 1 aliphatic heterocycles. The predicted molar refractivity (Wildman–Crippen MR) is 81.3 cm³/mol. The van der Waals surface area contributed by atoms with Gasteiger partial charge in [0.1, 0.15) is 0 Å². The lowest BCUT2D eigenvalue weighted by Crippen LogP contribution is -2.36. The number of unbranched alkanes of at least 4 members (excludes halogenated alkanes) is 1. The molecule has 1 aliphatic rings. The van der Waals surface area contributed by atoms with Crippen LogP contribution in [0, 0.1) is 0 Å². The van der Waals surface area contributed by atoms with Crippen molar-refractivity contribution in [2.45, 2.75) is 24.3 Å². The van der Waals surface area contributed by atoms with Crippen molar-refractivity contribution >= 4 is 10.0 Å². The first-order valence-corrected chi connectivity index (χ1v) is 8.90. The fourth-order valence-corrected chi connectivity index (χ4v) is 4.21. The summed E-state index contributed by atoms with van der Waals surface area (Å²) < 4.78 is 28.2. The smallest absolute Gasteiger partial charge is 0.260 e. The third-order valence-corrected chi connectivity index (χ3v) is 5.83. The quantitative estimate of drug-likeness (QED) is 0.738. The second kappa shape index (κ2) is 7.35. The second-order valence-corrected chi connectivity index (χ2v) is 7.27. The van der Waals surface area contributed by atoms with Crippen molar-refractivity contribution < 1.29 is 8.42 Å². The Hall–Kier alpha value is -0.960. The molecule has 0 aliphatic carbocycles. The van der Waals surface area contributed by atoms with E-state index in [9.17, 15) is 8.42 Å². The van der Waals surface area contributed by atoms with E-state index in [1.54, 1.807) is 17.4 Å². The second-order valence-electron chi connectivity index (χ2n) is 5.39. The van der Waals surface area contributed by atoms with E-state index < -0.39 is 10.0 Å². The monoisotopic (exact) mass is 315 g/mol. The van der Waals surface area contributed by atoms with E-state index in [-0.39, 0.29) is 5.03 Å². The number of hydrogen-bond donors (Lipinski definition) is 1. The summed E-state index contributed by atoms with van der Waals surface area (Å²) in [5.41, 5.74) is 5.51. The normalized spacial score (nSPS) is 18.8. The van der Waals surface area contributed by atoms with Gasteiger partial charge in [-0.2, -0.15) is 9.40 Å². The number of nitrogens with two attached hydrogens (primary N) is 1.